The number of ether oxygens (including phenoxy) is 2. The molecule has 108 valence electrons. The molecule has 19 heavy (non-hydrogen) atoms. The minimum absolute atomic E-state index is 0.131. The molecular weight excluding hydrogens is 259 g/mol. The molecule has 0 heterocycles. The van der Waals surface area contributed by atoms with Crippen molar-refractivity contribution in [2.75, 3.05) is 27.4 Å². The fraction of sp³-hybridized carbons (Fsp3) is 0.538. The van der Waals surface area contributed by atoms with Crippen LogP contribution >= 0.6 is 0 Å². The lowest BCUT2D eigenvalue weighted by Gasteiger charge is -2.18. The largest absolute Gasteiger partial charge is 0.494 e. The zero-order valence-electron chi connectivity index (χ0n) is 11.0. The van der Waals surface area contributed by atoms with Gasteiger partial charge in [0.05, 0.1) is 7.11 Å². The molecule has 0 aromatic heterocycles. The molecule has 1 N–H and O–H groups in total. The van der Waals surface area contributed by atoms with E-state index in [2.05, 4.69) is 5.32 Å². The summed E-state index contributed by atoms with van der Waals surface area (Å²) in [6.07, 6.45) is -2.09. The third kappa shape index (κ3) is 4.72. The predicted molar refractivity (Wildman–Crippen MR) is 66.2 cm³/mol. The standard InChI is InChI=1S/C13H18F3NO2/c1-17-10(6-7-19-8-12(14)15)9-4-3-5-11(18-2)13(9)16/h3-5,10,12,17H,6-8H2,1-2H3. The third-order valence-electron chi connectivity index (χ3n) is 2.73. The number of nitrogens with one attached hydrogen (secondary N) is 1. The number of rotatable bonds is 8. The quantitative estimate of drug-likeness (QED) is 0.741. The molecule has 0 bridgehead atoms. The first-order valence-electron chi connectivity index (χ1n) is 5.95. The summed E-state index contributed by atoms with van der Waals surface area (Å²) in [6.45, 7) is -0.469. The molecule has 1 aromatic carbocycles. The van der Waals surface area contributed by atoms with Crippen LogP contribution in [0.5, 0.6) is 5.75 Å². The summed E-state index contributed by atoms with van der Waals surface area (Å²) in [5.41, 5.74) is 0.433. The second-order valence-electron chi connectivity index (χ2n) is 3.96. The maximum atomic E-state index is 14.0. The second-order valence-corrected chi connectivity index (χ2v) is 3.96. The fourth-order valence-electron chi connectivity index (χ4n) is 1.78. The Labute approximate surface area is 110 Å². The Hall–Kier alpha value is -1.27. The zero-order chi connectivity index (χ0) is 14.3. The average molecular weight is 277 g/mol. The van der Waals surface area contributed by atoms with Crippen LogP contribution in [0.4, 0.5) is 13.2 Å². The Balaban J connectivity index is 2.64. The van der Waals surface area contributed by atoms with Gasteiger partial charge in [-0.15, -0.1) is 0 Å². The van der Waals surface area contributed by atoms with Gasteiger partial charge in [-0.3, -0.25) is 0 Å². The van der Waals surface area contributed by atoms with Crippen molar-refractivity contribution >= 4 is 0 Å². The summed E-state index contributed by atoms with van der Waals surface area (Å²) < 4.78 is 47.5. The molecule has 0 aliphatic rings. The monoisotopic (exact) mass is 277 g/mol. The molecule has 0 saturated heterocycles. The van der Waals surface area contributed by atoms with E-state index in [4.69, 9.17) is 9.47 Å². The van der Waals surface area contributed by atoms with Gasteiger partial charge in [0.15, 0.2) is 11.6 Å². The van der Waals surface area contributed by atoms with Gasteiger partial charge >= 0.3 is 0 Å². The van der Waals surface area contributed by atoms with Gasteiger partial charge in [0.2, 0.25) is 0 Å². The van der Waals surface area contributed by atoms with E-state index in [1.54, 1.807) is 19.2 Å². The molecule has 1 aromatic rings. The van der Waals surface area contributed by atoms with E-state index in [9.17, 15) is 13.2 Å². The molecule has 0 aliphatic carbocycles. The maximum absolute atomic E-state index is 14.0. The molecule has 1 unspecified atom stereocenters. The summed E-state index contributed by atoms with van der Waals surface area (Å²) in [4.78, 5) is 0. The number of alkyl halides is 2. The Morgan fingerprint density at radius 1 is 1.32 bits per heavy atom. The Bertz CT molecular complexity index is 388. The number of hydrogen-bond donors (Lipinski definition) is 1. The minimum atomic E-state index is -2.48. The van der Waals surface area contributed by atoms with Gasteiger partial charge in [-0.1, -0.05) is 12.1 Å². The molecule has 3 nitrogen and oxygen atoms in total. The van der Waals surface area contributed by atoms with Crippen molar-refractivity contribution in [1.29, 1.82) is 0 Å². The number of benzene rings is 1. The highest BCUT2D eigenvalue weighted by atomic mass is 19.3. The van der Waals surface area contributed by atoms with Crippen LogP contribution in [-0.2, 0) is 4.74 Å². The van der Waals surface area contributed by atoms with E-state index in [1.165, 1.54) is 13.2 Å². The van der Waals surface area contributed by atoms with Crippen molar-refractivity contribution in [3.63, 3.8) is 0 Å². The summed E-state index contributed by atoms with van der Waals surface area (Å²) in [7, 11) is 3.07. The molecule has 1 rings (SSSR count). The van der Waals surface area contributed by atoms with Gasteiger partial charge in [0, 0.05) is 18.2 Å². The predicted octanol–water partition coefficient (Wildman–Crippen LogP) is 2.77. The molecule has 0 radical (unpaired) electrons. The highest BCUT2D eigenvalue weighted by Crippen LogP contribution is 2.26. The van der Waals surface area contributed by atoms with Gasteiger partial charge < -0.3 is 14.8 Å². The van der Waals surface area contributed by atoms with Crippen molar-refractivity contribution in [1.82, 2.24) is 5.32 Å². The van der Waals surface area contributed by atoms with Crippen LogP contribution < -0.4 is 10.1 Å². The van der Waals surface area contributed by atoms with Crippen molar-refractivity contribution < 1.29 is 22.6 Å². The number of hydrogen-bond acceptors (Lipinski definition) is 3. The summed E-state index contributed by atoms with van der Waals surface area (Å²) in [6, 6.07) is 4.53. The van der Waals surface area contributed by atoms with Crippen LogP contribution in [0.1, 0.15) is 18.0 Å². The van der Waals surface area contributed by atoms with Crippen molar-refractivity contribution in [3.8, 4) is 5.75 Å². The Morgan fingerprint density at radius 3 is 2.63 bits per heavy atom. The zero-order valence-corrected chi connectivity index (χ0v) is 11.0. The van der Waals surface area contributed by atoms with Crippen molar-refractivity contribution in [2.45, 2.75) is 18.9 Å². The van der Waals surface area contributed by atoms with E-state index in [1.807, 2.05) is 0 Å². The Kier molecular flexibility index (Phi) is 6.66. The first kappa shape index (κ1) is 15.8. The average Bonchev–Trinajstić information content (AvgIpc) is 2.39. The first-order chi connectivity index (χ1) is 9.10. The minimum Gasteiger partial charge on any atom is -0.494 e. The van der Waals surface area contributed by atoms with Crippen LogP contribution in [0.2, 0.25) is 0 Å². The van der Waals surface area contributed by atoms with Gasteiger partial charge in [0.25, 0.3) is 6.43 Å². The highest BCUT2D eigenvalue weighted by molar-refractivity contribution is 5.33. The normalized spacial score (nSPS) is 12.7. The van der Waals surface area contributed by atoms with E-state index >= 15 is 0 Å². The van der Waals surface area contributed by atoms with Crippen LogP contribution in [0.25, 0.3) is 0 Å². The second kappa shape index (κ2) is 8.01. The SMILES string of the molecule is CNC(CCOCC(F)F)c1cccc(OC)c1F. The van der Waals surface area contributed by atoms with Crippen LogP contribution in [0.3, 0.4) is 0 Å². The summed E-state index contributed by atoms with van der Waals surface area (Å²) in [5, 5.41) is 2.94. The van der Waals surface area contributed by atoms with Gasteiger partial charge in [-0.2, -0.15) is 0 Å². The molecule has 1 atom stereocenters. The topological polar surface area (TPSA) is 30.5 Å². The van der Waals surface area contributed by atoms with Crippen molar-refractivity contribution in [3.05, 3.63) is 29.6 Å². The highest BCUT2D eigenvalue weighted by Gasteiger charge is 2.17. The number of methoxy groups -OCH3 is 1. The number of halogens is 3. The van der Waals surface area contributed by atoms with Crippen LogP contribution in [0, 0.1) is 5.82 Å². The molecular formula is C13H18F3NO2. The van der Waals surface area contributed by atoms with Crippen LogP contribution in [0.15, 0.2) is 18.2 Å². The first-order valence-corrected chi connectivity index (χ1v) is 5.95. The summed E-state index contributed by atoms with van der Waals surface area (Å²) >= 11 is 0. The third-order valence-corrected chi connectivity index (χ3v) is 2.73. The maximum Gasteiger partial charge on any atom is 0.261 e. The Morgan fingerprint density at radius 2 is 2.05 bits per heavy atom. The van der Waals surface area contributed by atoms with E-state index in [0.717, 1.165) is 0 Å². The molecule has 0 amide bonds. The molecule has 6 heteroatoms. The molecule has 0 spiro atoms. The van der Waals surface area contributed by atoms with E-state index in [-0.39, 0.29) is 18.4 Å². The summed E-state index contributed by atoms with van der Waals surface area (Å²) in [5.74, 6) is -0.288. The lowest BCUT2D eigenvalue weighted by atomic mass is 10.0. The lowest BCUT2D eigenvalue weighted by molar-refractivity contribution is 0.0144. The van der Waals surface area contributed by atoms with Gasteiger partial charge in [-0.25, -0.2) is 13.2 Å². The lowest BCUT2D eigenvalue weighted by Crippen LogP contribution is -2.20. The molecule has 0 saturated carbocycles. The van der Waals surface area contributed by atoms with Crippen LogP contribution in [-0.4, -0.2) is 33.8 Å². The van der Waals surface area contributed by atoms with Gasteiger partial charge in [0.1, 0.15) is 6.61 Å². The molecule has 0 aliphatic heterocycles. The van der Waals surface area contributed by atoms with E-state index in [0.29, 0.717) is 12.0 Å². The molecule has 0 fully saturated rings. The smallest absolute Gasteiger partial charge is 0.261 e. The van der Waals surface area contributed by atoms with E-state index < -0.39 is 18.8 Å². The van der Waals surface area contributed by atoms with Crippen molar-refractivity contribution in [2.24, 2.45) is 0 Å². The fourth-order valence-corrected chi connectivity index (χ4v) is 1.78. The van der Waals surface area contributed by atoms with Gasteiger partial charge in [-0.05, 0) is 19.5 Å².